The lowest BCUT2D eigenvalue weighted by Crippen LogP contribution is -2.26. The SMILES string of the molecule is CN(Cc1nc2ccccc2[nH]1)C(=O)c1cnn(C2CCCCC2)c1. The van der Waals surface area contributed by atoms with E-state index in [4.69, 9.17) is 0 Å². The Kier molecular flexibility index (Phi) is 4.26. The molecule has 0 radical (unpaired) electrons. The minimum absolute atomic E-state index is 0.0254. The number of carbonyl (C=O) groups excluding carboxylic acids is 1. The largest absolute Gasteiger partial charge is 0.340 e. The molecular weight excluding hydrogens is 314 g/mol. The van der Waals surface area contributed by atoms with E-state index in [2.05, 4.69) is 15.1 Å². The molecule has 1 amide bonds. The van der Waals surface area contributed by atoms with Crippen LogP contribution >= 0.6 is 0 Å². The molecule has 3 aromatic rings. The van der Waals surface area contributed by atoms with Gasteiger partial charge in [0.15, 0.2) is 0 Å². The molecule has 1 aromatic carbocycles. The van der Waals surface area contributed by atoms with Crippen LogP contribution in [0.1, 0.15) is 54.3 Å². The van der Waals surface area contributed by atoms with E-state index >= 15 is 0 Å². The zero-order valence-electron chi connectivity index (χ0n) is 14.5. The van der Waals surface area contributed by atoms with Crippen molar-refractivity contribution < 1.29 is 4.79 Å². The maximum absolute atomic E-state index is 12.7. The number of hydrogen-bond acceptors (Lipinski definition) is 3. The van der Waals surface area contributed by atoms with Crippen molar-refractivity contribution >= 4 is 16.9 Å². The highest BCUT2D eigenvalue weighted by Gasteiger charge is 2.20. The first kappa shape index (κ1) is 15.9. The van der Waals surface area contributed by atoms with Crippen LogP contribution in [0.5, 0.6) is 0 Å². The van der Waals surface area contributed by atoms with Crippen molar-refractivity contribution in [2.24, 2.45) is 0 Å². The van der Waals surface area contributed by atoms with Gasteiger partial charge in [0.05, 0.1) is 35.4 Å². The van der Waals surface area contributed by atoms with Gasteiger partial charge in [-0.25, -0.2) is 4.98 Å². The third-order valence-corrected chi connectivity index (χ3v) is 4.97. The van der Waals surface area contributed by atoms with Crippen LogP contribution in [0.4, 0.5) is 0 Å². The van der Waals surface area contributed by atoms with Gasteiger partial charge in [-0.15, -0.1) is 0 Å². The van der Waals surface area contributed by atoms with Gasteiger partial charge in [0.1, 0.15) is 5.82 Å². The molecule has 6 nitrogen and oxygen atoms in total. The third kappa shape index (κ3) is 3.29. The third-order valence-electron chi connectivity index (χ3n) is 4.97. The molecule has 1 N–H and O–H groups in total. The van der Waals surface area contributed by atoms with E-state index < -0.39 is 0 Å². The predicted molar refractivity (Wildman–Crippen MR) is 96.2 cm³/mol. The Morgan fingerprint density at radius 3 is 2.88 bits per heavy atom. The molecule has 1 aliphatic carbocycles. The number of amides is 1. The number of fused-ring (bicyclic) bond motifs is 1. The average Bonchev–Trinajstić information content (AvgIpc) is 3.28. The number of rotatable bonds is 4. The molecule has 1 saturated carbocycles. The summed E-state index contributed by atoms with van der Waals surface area (Å²) in [5.74, 6) is 0.763. The summed E-state index contributed by atoms with van der Waals surface area (Å²) < 4.78 is 1.97. The molecule has 0 spiro atoms. The van der Waals surface area contributed by atoms with Crippen LogP contribution < -0.4 is 0 Å². The lowest BCUT2D eigenvalue weighted by Gasteiger charge is -2.21. The first-order chi connectivity index (χ1) is 12.2. The minimum Gasteiger partial charge on any atom is -0.340 e. The maximum atomic E-state index is 12.7. The van der Waals surface area contributed by atoms with E-state index in [1.165, 1.54) is 19.3 Å². The van der Waals surface area contributed by atoms with Gasteiger partial charge in [-0.2, -0.15) is 5.10 Å². The fraction of sp³-hybridized carbons (Fsp3) is 0.421. The molecule has 6 heteroatoms. The van der Waals surface area contributed by atoms with Gasteiger partial charge in [-0.3, -0.25) is 9.48 Å². The summed E-state index contributed by atoms with van der Waals surface area (Å²) in [6.45, 7) is 0.447. The van der Waals surface area contributed by atoms with E-state index in [9.17, 15) is 4.79 Å². The summed E-state index contributed by atoms with van der Waals surface area (Å²) >= 11 is 0. The Hall–Kier alpha value is -2.63. The number of carbonyl (C=O) groups is 1. The Balaban J connectivity index is 1.45. The number of nitrogens with zero attached hydrogens (tertiary/aromatic N) is 4. The predicted octanol–water partition coefficient (Wildman–Crippen LogP) is 3.54. The quantitative estimate of drug-likeness (QED) is 0.792. The number of H-pyrrole nitrogens is 1. The average molecular weight is 337 g/mol. The highest BCUT2D eigenvalue weighted by atomic mass is 16.2. The lowest BCUT2D eigenvalue weighted by molar-refractivity contribution is 0.0781. The second-order valence-electron chi connectivity index (χ2n) is 6.86. The fourth-order valence-corrected chi connectivity index (χ4v) is 3.59. The second kappa shape index (κ2) is 6.70. The van der Waals surface area contributed by atoms with Crippen molar-refractivity contribution in [1.82, 2.24) is 24.6 Å². The minimum atomic E-state index is -0.0254. The number of aromatic nitrogens is 4. The Morgan fingerprint density at radius 2 is 2.08 bits per heavy atom. The molecule has 1 aliphatic rings. The van der Waals surface area contributed by atoms with E-state index in [1.807, 2.05) is 35.1 Å². The molecule has 4 rings (SSSR count). The Morgan fingerprint density at radius 1 is 1.28 bits per heavy atom. The standard InChI is InChI=1S/C19H23N5O/c1-23(13-18-21-16-9-5-6-10-17(16)22-18)19(25)14-11-20-24(12-14)15-7-3-2-4-8-15/h5-6,9-12,15H,2-4,7-8,13H2,1H3,(H,21,22). The van der Waals surface area contributed by atoms with Gasteiger partial charge in [-0.1, -0.05) is 31.4 Å². The molecule has 0 saturated heterocycles. The van der Waals surface area contributed by atoms with Crippen molar-refractivity contribution in [3.05, 3.63) is 48.0 Å². The van der Waals surface area contributed by atoms with Crippen molar-refractivity contribution in [3.8, 4) is 0 Å². The molecule has 130 valence electrons. The van der Waals surface area contributed by atoms with Crippen molar-refractivity contribution in [2.45, 2.75) is 44.7 Å². The van der Waals surface area contributed by atoms with Crippen molar-refractivity contribution in [1.29, 1.82) is 0 Å². The molecule has 0 atom stereocenters. The molecule has 1 fully saturated rings. The summed E-state index contributed by atoms with van der Waals surface area (Å²) in [7, 11) is 1.80. The van der Waals surface area contributed by atoms with Gasteiger partial charge >= 0.3 is 0 Å². The number of imidazole rings is 1. The topological polar surface area (TPSA) is 66.8 Å². The summed E-state index contributed by atoms with van der Waals surface area (Å²) in [6.07, 6.45) is 9.71. The summed E-state index contributed by atoms with van der Waals surface area (Å²) in [5.41, 5.74) is 2.55. The van der Waals surface area contributed by atoms with Crippen LogP contribution in [0.2, 0.25) is 0 Å². The molecule has 2 heterocycles. The smallest absolute Gasteiger partial charge is 0.257 e. The molecule has 0 unspecified atom stereocenters. The molecular formula is C19H23N5O. The Bertz CT molecular complexity index is 842. The summed E-state index contributed by atoms with van der Waals surface area (Å²) in [6, 6.07) is 8.32. The Labute approximate surface area is 146 Å². The van der Waals surface area contributed by atoms with Gasteiger partial charge in [-0.05, 0) is 25.0 Å². The van der Waals surface area contributed by atoms with E-state index in [0.717, 1.165) is 29.7 Å². The van der Waals surface area contributed by atoms with Crippen LogP contribution in [0, 0.1) is 0 Å². The van der Waals surface area contributed by atoms with Crippen molar-refractivity contribution in [3.63, 3.8) is 0 Å². The zero-order valence-corrected chi connectivity index (χ0v) is 14.5. The van der Waals surface area contributed by atoms with Gasteiger partial charge in [0.2, 0.25) is 0 Å². The van der Waals surface area contributed by atoms with E-state index in [0.29, 0.717) is 18.2 Å². The van der Waals surface area contributed by atoms with E-state index in [-0.39, 0.29) is 5.91 Å². The normalized spacial score (nSPS) is 15.6. The molecule has 2 aromatic heterocycles. The first-order valence-electron chi connectivity index (χ1n) is 8.94. The number of para-hydroxylation sites is 2. The van der Waals surface area contributed by atoms with Crippen LogP contribution in [0.3, 0.4) is 0 Å². The number of hydrogen-bond donors (Lipinski definition) is 1. The van der Waals surface area contributed by atoms with Gasteiger partial charge in [0, 0.05) is 13.2 Å². The van der Waals surface area contributed by atoms with Crippen LogP contribution in [-0.2, 0) is 6.54 Å². The van der Waals surface area contributed by atoms with Crippen molar-refractivity contribution in [2.75, 3.05) is 7.05 Å². The zero-order chi connectivity index (χ0) is 17.2. The first-order valence-corrected chi connectivity index (χ1v) is 8.94. The summed E-state index contributed by atoms with van der Waals surface area (Å²) in [5, 5.41) is 4.43. The molecule has 0 bridgehead atoms. The molecule has 0 aliphatic heterocycles. The van der Waals surface area contributed by atoms with Crippen LogP contribution in [0.25, 0.3) is 11.0 Å². The van der Waals surface area contributed by atoms with Crippen LogP contribution in [-0.4, -0.2) is 37.6 Å². The monoisotopic (exact) mass is 337 g/mol. The molecule has 25 heavy (non-hydrogen) atoms. The van der Waals surface area contributed by atoms with Crippen LogP contribution in [0.15, 0.2) is 36.7 Å². The fourth-order valence-electron chi connectivity index (χ4n) is 3.59. The maximum Gasteiger partial charge on any atom is 0.257 e. The lowest BCUT2D eigenvalue weighted by atomic mass is 9.96. The summed E-state index contributed by atoms with van der Waals surface area (Å²) in [4.78, 5) is 22.2. The van der Waals surface area contributed by atoms with Gasteiger partial charge in [0.25, 0.3) is 5.91 Å². The number of aromatic amines is 1. The van der Waals surface area contributed by atoms with Gasteiger partial charge < -0.3 is 9.88 Å². The van der Waals surface area contributed by atoms with E-state index in [1.54, 1.807) is 18.1 Å². The second-order valence-corrected chi connectivity index (χ2v) is 6.86. The number of benzene rings is 1. The number of nitrogens with one attached hydrogen (secondary N) is 1. The highest BCUT2D eigenvalue weighted by molar-refractivity contribution is 5.93. The highest BCUT2D eigenvalue weighted by Crippen LogP contribution is 2.27.